The van der Waals surface area contributed by atoms with Crippen LogP contribution in [0, 0.1) is 47.3 Å². The first kappa shape index (κ1) is 25.5. The van der Waals surface area contributed by atoms with E-state index in [1.165, 1.54) is 0 Å². The van der Waals surface area contributed by atoms with Gasteiger partial charge in [-0.25, -0.2) is 9.80 Å². The molecule has 4 fully saturated rings. The summed E-state index contributed by atoms with van der Waals surface area (Å²) in [5, 5.41) is 17.3. The van der Waals surface area contributed by atoms with E-state index < -0.39 is 122 Å². The van der Waals surface area contributed by atoms with Gasteiger partial charge in [0.25, 0.3) is 0 Å². The molecule has 2 saturated heterocycles. The van der Waals surface area contributed by atoms with E-state index in [1.54, 1.807) is 12.2 Å². The van der Waals surface area contributed by atoms with Crippen molar-refractivity contribution < 1.29 is 58.0 Å². The largest absolute Gasteiger partial charge is 0.481 e. The number of hydrogen-bond acceptors (Lipinski definition) is 10. The fourth-order valence-corrected chi connectivity index (χ4v) is 6.81. The third kappa shape index (κ3) is 3.85. The number of amides is 4. The smallest absolute Gasteiger partial charge is 0.308 e. The lowest BCUT2D eigenvalue weighted by atomic mass is 9.40. The number of ether oxygens (including phenoxy) is 2. The highest BCUT2D eigenvalue weighted by molar-refractivity contribution is 6.09. The topological polar surface area (TPSA) is 202 Å². The summed E-state index contributed by atoms with van der Waals surface area (Å²) in [4.78, 5) is 99.1. The van der Waals surface area contributed by atoms with Crippen LogP contribution < -0.4 is 0 Å². The van der Waals surface area contributed by atoms with Gasteiger partial charge < -0.3 is 19.7 Å². The van der Waals surface area contributed by atoms with Gasteiger partial charge in [0.1, 0.15) is 0 Å². The Morgan fingerprint density at radius 1 is 0.605 bits per heavy atom. The van der Waals surface area contributed by atoms with E-state index in [2.05, 4.69) is 0 Å². The van der Waals surface area contributed by atoms with Crippen LogP contribution in [-0.4, -0.2) is 81.0 Å². The van der Waals surface area contributed by atoms with Crippen molar-refractivity contribution in [1.82, 2.24) is 9.80 Å². The van der Waals surface area contributed by atoms with E-state index in [-0.39, 0.29) is 11.8 Å². The number of carbonyl (C=O) groups is 8. The number of hydrogen-bond donors (Lipinski definition) is 2. The summed E-state index contributed by atoms with van der Waals surface area (Å²) in [6.45, 7) is -1.26. The number of imide groups is 2. The summed E-state index contributed by atoms with van der Waals surface area (Å²) >= 11 is 0. The Morgan fingerprint density at radius 2 is 0.947 bits per heavy atom. The second-order valence-corrected chi connectivity index (χ2v) is 10.1. The monoisotopic (exact) mass is 532 g/mol. The molecule has 14 heteroatoms. The molecular formula is C24H24N2O12. The Balaban J connectivity index is 1.26. The fourth-order valence-electron chi connectivity index (χ4n) is 6.81. The average Bonchev–Trinajstić information content (AvgIpc) is 3.22. The van der Waals surface area contributed by atoms with Crippen LogP contribution in [0.4, 0.5) is 0 Å². The quantitative estimate of drug-likeness (QED) is 0.197. The van der Waals surface area contributed by atoms with Gasteiger partial charge in [0.2, 0.25) is 23.6 Å². The van der Waals surface area contributed by atoms with E-state index in [0.717, 1.165) is 9.80 Å². The van der Waals surface area contributed by atoms with Gasteiger partial charge in [-0.2, -0.15) is 0 Å². The summed E-state index contributed by atoms with van der Waals surface area (Å²) in [6.07, 6.45) is 1.87. The second-order valence-electron chi connectivity index (χ2n) is 10.1. The molecule has 2 bridgehead atoms. The van der Waals surface area contributed by atoms with Crippen molar-refractivity contribution in [3.05, 3.63) is 12.2 Å². The highest BCUT2D eigenvalue weighted by Crippen LogP contribution is 2.68. The van der Waals surface area contributed by atoms with Gasteiger partial charge in [0, 0.05) is 0 Å². The molecule has 14 nitrogen and oxygen atoms in total. The molecule has 38 heavy (non-hydrogen) atoms. The number of nitrogens with zero attached hydrogens (tertiary/aromatic N) is 2. The predicted molar refractivity (Wildman–Crippen MR) is 116 cm³/mol. The normalized spacial score (nSPS) is 34.0. The van der Waals surface area contributed by atoms with E-state index in [9.17, 15) is 38.4 Å². The molecule has 0 aromatic rings. The van der Waals surface area contributed by atoms with Crippen molar-refractivity contribution in [2.75, 3.05) is 13.5 Å². The predicted octanol–water partition coefficient (Wildman–Crippen LogP) is -1.02. The number of rotatable bonds is 10. The minimum absolute atomic E-state index is 0.366. The zero-order chi connectivity index (χ0) is 27.5. The first-order valence-electron chi connectivity index (χ1n) is 12.2. The van der Waals surface area contributed by atoms with E-state index >= 15 is 0 Å². The highest BCUT2D eigenvalue weighted by Gasteiger charge is 2.75. The first-order valence-corrected chi connectivity index (χ1v) is 12.2. The van der Waals surface area contributed by atoms with Crippen molar-refractivity contribution in [2.45, 2.75) is 25.7 Å². The lowest BCUT2D eigenvalue weighted by molar-refractivity contribution is -0.166. The maximum atomic E-state index is 13.2. The van der Waals surface area contributed by atoms with Crippen molar-refractivity contribution in [2.24, 2.45) is 47.3 Å². The summed E-state index contributed by atoms with van der Waals surface area (Å²) in [7, 11) is 0. The van der Waals surface area contributed by atoms with Crippen LogP contribution in [-0.2, 0) is 47.8 Å². The Kier molecular flexibility index (Phi) is 6.27. The van der Waals surface area contributed by atoms with Gasteiger partial charge in [0.15, 0.2) is 13.5 Å². The van der Waals surface area contributed by atoms with Crippen LogP contribution >= 0.6 is 0 Å². The lowest BCUT2D eigenvalue weighted by Gasteiger charge is -2.60. The van der Waals surface area contributed by atoms with Gasteiger partial charge in [-0.3, -0.25) is 38.4 Å². The van der Waals surface area contributed by atoms with Crippen LogP contribution in [0.1, 0.15) is 25.7 Å². The molecule has 2 aliphatic heterocycles. The highest BCUT2D eigenvalue weighted by atomic mass is 16.6. The van der Waals surface area contributed by atoms with Crippen molar-refractivity contribution in [3.63, 3.8) is 0 Å². The zero-order valence-electron chi connectivity index (χ0n) is 19.9. The average molecular weight is 532 g/mol. The molecule has 0 unspecified atom stereocenters. The van der Waals surface area contributed by atoms with Gasteiger partial charge in [0.05, 0.1) is 49.4 Å². The number of carbonyl (C=O) groups excluding carboxylic acids is 6. The zero-order valence-corrected chi connectivity index (χ0v) is 19.9. The number of esters is 2. The molecule has 2 N–H and O–H groups in total. The molecule has 0 aromatic carbocycles. The minimum Gasteiger partial charge on any atom is -0.481 e. The lowest BCUT2D eigenvalue weighted by Crippen LogP contribution is -2.63. The number of carboxylic acid groups (broad SMARTS) is 2. The van der Waals surface area contributed by atoms with Crippen LogP contribution in [0.2, 0.25) is 0 Å². The van der Waals surface area contributed by atoms with Crippen LogP contribution in [0.25, 0.3) is 0 Å². The van der Waals surface area contributed by atoms with Crippen molar-refractivity contribution in [1.29, 1.82) is 0 Å². The third-order valence-electron chi connectivity index (χ3n) is 8.32. The summed E-state index contributed by atoms with van der Waals surface area (Å²) < 4.78 is 9.90. The van der Waals surface area contributed by atoms with Crippen LogP contribution in [0.3, 0.4) is 0 Å². The molecule has 4 aliphatic carbocycles. The fraction of sp³-hybridized carbons (Fsp3) is 0.583. The van der Waals surface area contributed by atoms with E-state index in [0.29, 0.717) is 0 Å². The molecule has 2 saturated carbocycles. The molecule has 0 spiro atoms. The van der Waals surface area contributed by atoms with E-state index in [1.807, 2.05) is 0 Å². The molecule has 8 atom stereocenters. The summed E-state index contributed by atoms with van der Waals surface area (Å²) in [5.41, 5.74) is 0. The third-order valence-corrected chi connectivity index (χ3v) is 8.32. The Hall–Kier alpha value is -4.10. The first-order chi connectivity index (χ1) is 18.0. The van der Waals surface area contributed by atoms with E-state index in [4.69, 9.17) is 19.7 Å². The number of likely N-dealkylation sites (tertiary alicyclic amines) is 2. The van der Waals surface area contributed by atoms with Crippen molar-refractivity contribution in [3.8, 4) is 0 Å². The van der Waals surface area contributed by atoms with Crippen LogP contribution in [0.15, 0.2) is 12.2 Å². The number of carboxylic acids is 2. The van der Waals surface area contributed by atoms with Gasteiger partial charge >= 0.3 is 23.9 Å². The molecule has 202 valence electrons. The molecule has 6 aliphatic rings. The molecular weight excluding hydrogens is 508 g/mol. The minimum atomic E-state index is -1.19. The standard InChI is InChI=1S/C24H24N2O12/c27-11(28)3-5-13(31)37-7-25-21(33)17-9-1-2-10(18(17)22(25)34)16-15(9)19-20(16)24(36)26(23(19)35)8-38-14(32)6-4-12(29)30/h1-2,9-10,15-20H,3-8H2,(H,27,28)(H,29,30)/t9-,10-,15-,16+,17-,18-,19-,20-/m1/s1. The van der Waals surface area contributed by atoms with Gasteiger partial charge in [-0.1, -0.05) is 12.2 Å². The Morgan fingerprint density at radius 3 is 1.29 bits per heavy atom. The molecule has 4 amide bonds. The maximum Gasteiger partial charge on any atom is 0.308 e. The molecule has 0 radical (unpaired) electrons. The summed E-state index contributed by atoms with van der Waals surface area (Å²) in [6, 6.07) is 0. The van der Waals surface area contributed by atoms with Gasteiger partial charge in [-0.05, 0) is 23.7 Å². The number of aliphatic carboxylic acids is 2. The molecule has 2 heterocycles. The number of fused-ring (bicyclic) bond motifs is 1. The SMILES string of the molecule is O=C(O)CCC(=O)OCN1C(=O)[C@@H]2[C@@H]3C=C[C@@H]([C@H]2C1=O)[C@H]1[C@H]2C(=O)N(COC(=O)CCC(=O)O)C(=O)[C@@H]2[C@@H]31. The Labute approximate surface area is 214 Å². The number of allylic oxidation sites excluding steroid dienone is 2. The second kappa shape index (κ2) is 9.33. The summed E-state index contributed by atoms with van der Waals surface area (Å²) in [5.74, 6) is -11.0. The molecule has 0 aromatic heterocycles. The van der Waals surface area contributed by atoms with Gasteiger partial charge in [-0.15, -0.1) is 0 Å². The Bertz CT molecular complexity index is 1140. The van der Waals surface area contributed by atoms with Crippen molar-refractivity contribution >= 4 is 47.5 Å². The maximum absolute atomic E-state index is 13.2. The van der Waals surface area contributed by atoms with Crippen LogP contribution in [0.5, 0.6) is 0 Å². The molecule has 6 rings (SSSR count).